The van der Waals surface area contributed by atoms with Crippen molar-refractivity contribution in [2.75, 3.05) is 5.43 Å². The molecule has 0 spiro atoms. The number of hydrazine groups is 1. The summed E-state index contributed by atoms with van der Waals surface area (Å²) in [6, 6.07) is 25.6. The minimum Gasteiger partial charge on any atom is -0.298 e. The zero-order valence-corrected chi connectivity index (χ0v) is 13.6. The Morgan fingerprint density at radius 2 is 1.24 bits per heavy atom. The lowest BCUT2D eigenvalue weighted by Gasteiger charge is -2.11. The van der Waals surface area contributed by atoms with Crippen LogP contribution >= 0.6 is 0 Å². The van der Waals surface area contributed by atoms with Crippen molar-refractivity contribution in [3.63, 3.8) is 0 Å². The smallest absolute Gasteiger partial charge is 0.270 e. The van der Waals surface area contributed by atoms with E-state index in [9.17, 15) is 9.59 Å². The maximum Gasteiger partial charge on any atom is 0.270 e. The molecule has 1 amide bonds. The average Bonchev–Trinajstić information content (AvgIpc) is 2.67. The first kappa shape index (κ1) is 16.5. The fourth-order valence-electron chi connectivity index (χ4n) is 2.52. The Balaban J connectivity index is 1.73. The van der Waals surface area contributed by atoms with Gasteiger partial charge in [-0.05, 0) is 23.8 Å². The fraction of sp³-hybridized carbons (Fsp3) is 0.0476. The van der Waals surface area contributed by atoms with Gasteiger partial charge < -0.3 is 0 Å². The van der Waals surface area contributed by atoms with Crippen LogP contribution in [-0.2, 0) is 6.42 Å². The third kappa shape index (κ3) is 4.32. The Kier molecular flexibility index (Phi) is 5.22. The van der Waals surface area contributed by atoms with E-state index in [0.717, 1.165) is 11.3 Å². The molecular weight excluding hydrogens is 312 g/mol. The van der Waals surface area contributed by atoms with Crippen molar-refractivity contribution in [1.82, 2.24) is 5.43 Å². The Hall–Kier alpha value is -3.40. The number of Topliss-reactive ketones (excluding diaryl/α,β-unsaturated/α-hetero) is 1. The summed E-state index contributed by atoms with van der Waals surface area (Å²) in [5.74, 6) is -0.433. The number of rotatable bonds is 6. The van der Waals surface area contributed by atoms with Crippen molar-refractivity contribution in [2.24, 2.45) is 0 Å². The van der Waals surface area contributed by atoms with E-state index in [1.165, 1.54) is 0 Å². The van der Waals surface area contributed by atoms with Crippen molar-refractivity contribution in [2.45, 2.75) is 6.42 Å². The third-order valence-corrected chi connectivity index (χ3v) is 3.77. The van der Waals surface area contributed by atoms with Gasteiger partial charge in [0.25, 0.3) is 5.91 Å². The normalized spacial score (nSPS) is 10.1. The minimum atomic E-state index is -0.346. The molecule has 0 bridgehead atoms. The van der Waals surface area contributed by atoms with Gasteiger partial charge in [0.2, 0.25) is 0 Å². The molecule has 3 aromatic carbocycles. The van der Waals surface area contributed by atoms with Crippen LogP contribution in [0.25, 0.3) is 0 Å². The first-order valence-corrected chi connectivity index (χ1v) is 8.01. The maximum absolute atomic E-state index is 12.6. The van der Waals surface area contributed by atoms with Crippen LogP contribution in [0.2, 0.25) is 0 Å². The molecule has 0 aromatic heterocycles. The van der Waals surface area contributed by atoms with Crippen LogP contribution in [0.3, 0.4) is 0 Å². The molecule has 0 saturated carbocycles. The van der Waals surface area contributed by atoms with Gasteiger partial charge in [0.15, 0.2) is 5.78 Å². The molecule has 4 nitrogen and oxygen atoms in total. The zero-order valence-electron chi connectivity index (χ0n) is 13.6. The molecule has 0 heterocycles. The van der Waals surface area contributed by atoms with Crippen LogP contribution in [0.1, 0.15) is 26.3 Å². The Morgan fingerprint density at radius 1 is 0.680 bits per heavy atom. The summed E-state index contributed by atoms with van der Waals surface area (Å²) in [6.07, 6.45) is 0.261. The van der Waals surface area contributed by atoms with Crippen LogP contribution in [0.4, 0.5) is 5.69 Å². The largest absolute Gasteiger partial charge is 0.298 e. The lowest BCUT2D eigenvalue weighted by Crippen LogP contribution is -2.30. The Labute approximate surface area is 146 Å². The van der Waals surface area contributed by atoms with Gasteiger partial charge in [-0.15, -0.1) is 0 Å². The van der Waals surface area contributed by atoms with Gasteiger partial charge in [-0.25, -0.2) is 0 Å². The highest BCUT2D eigenvalue weighted by atomic mass is 16.2. The summed E-state index contributed by atoms with van der Waals surface area (Å²) >= 11 is 0. The molecule has 0 saturated heterocycles. The van der Waals surface area contributed by atoms with Crippen molar-refractivity contribution < 1.29 is 9.59 Å². The number of amides is 1. The van der Waals surface area contributed by atoms with E-state index in [1.54, 1.807) is 24.3 Å². The van der Waals surface area contributed by atoms with Gasteiger partial charge >= 0.3 is 0 Å². The lowest BCUT2D eigenvalue weighted by molar-refractivity contribution is 0.0941. The predicted octanol–water partition coefficient (Wildman–Crippen LogP) is 3.87. The molecule has 0 radical (unpaired) electrons. The van der Waals surface area contributed by atoms with E-state index in [2.05, 4.69) is 10.9 Å². The summed E-state index contributed by atoms with van der Waals surface area (Å²) in [4.78, 5) is 25.1. The fourth-order valence-corrected chi connectivity index (χ4v) is 2.52. The molecule has 2 N–H and O–H groups in total. The SMILES string of the molecule is O=C(Cc1ccccc1)c1ccccc1C(=O)NNc1ccccc1. The van der Waals surface area contributed by atoms with Gasteiger partial charge in [-0.2, -0.15) is 0 Å². The van der Waals surface area contributed by atoms with Gasteiger partial charge in [0, 0.05) is 12.0 Å². The van der Waals surface area contributed by atoms with E-state index in [-0.39, 0.29) is 18.1 Å². The molecule has 0 unspecified atom stereocenters. The molecule has 3 rings (SSSR count). The van der Waals surface area contributed by atoms with Crippen molar-refractivity contribution in [3.8, 4) is 0 Å². The molecule has 0 atom stereocenters. The summed E-state index contributed by atoms with van der Waals surface area (Å²) in [6.45, 7) is 0. The second kappa shape index (κ2) is 7.93. The molecule has 4 heteroatoms. The molecular formula is C21H18N2O2. The van der Waals surface area contributed by atoms with Crippen LogP contribution in [-0.4, -0.2) is 11.7 Å². The van der Waals surface area contributed by atoms with Crippen LogP contribution < -0.4 is 10.9 Å². The Bertz CT molecular complexity index is 861. The van der Waals surface area contributed by atoms with Gasteiger partial charge in [0.1, 0.15) is 0 Å². The summed E-state index contributed by atoms with van der Waals surface area (Å²) in [7, 11) is 0. The second-order valence-corrected chi connectivity index (χ2v) is 5.58. The Morgan fingerprint density at radius 3 is 1.92 bits per heavy atom. The topological polar surface area (TPSA) is 58.2 Å². The maximum atomic E-state index is 12.6. The summed E-state index contributed by atoms with van der Waals surface area (Å²) < 4.78 is 0. The first-order chi connectivity index (χ1) is 12.2. The number of hydrogen-bond acceptors (Lipinski definition) is 3. The highest BCUT2D eigenvalue weighted by molar-refractivity contribution is 6.08. The highest BCUT2D eigenvalue weighted by Gasteiger charge is 2.16. The zero-order chi connectivity index (χ0) is 17.5. The molecule has 0 aliphatic rings. The third-order valence-electron chi connectivity index (χ3n) is 3.77. The van der Waals surface area contributed by atoms with E-state index >= 15 is 0 Å². The predicted molar refractivity (Wildman–Crippen MR) is 98.4 cm³/mol. The quantitative estimate of drug-likeness (QED) is 0.533. The number of para-hydroxylation sites is 1. The van der Waals surface area contributed by atoms with E-state index in [4.69, 9.17) is 0 Å². The summed E-state index contributed by atoms with van der Waals surface area (Å²) in [5.41, 5.74) is 7.94. The van der Waals surface area contributed by atoms with Crippen molar-refractivity contribution in [1.29, 1.82) is 0 Å². The molecule has 0 fully saturated rings. The summed E-state index contributed by atoms with van der Waals surface area (Å²) in [5, 5.41) is 0. The molecule has 25 heavy (non-hydrogen) atoms. The van der Waals surface area contributed by atoms with E-state index < -0.39 is 0 Å². The first-order valence-electron chi connectivity index (χ1n) is 8.01. The van der Waals surface area contributed by atoms with Crippen molar-refractivity contribution in [3.05, 3.63) is 102 Å². The molecule has 124 valence electrons. The number of carbonyl (C=O) groups is 2. The molecule has 3 aromatic rings. The lowest BCUT2D eigenvalue weighted by atomic mass is 9.98. The van der Waals surface area contributed by atoms with E-state index in [1.807, 2.05) is 60.7 Å². The number of anilines is 1. The molecule has 0 aliphatic heterocycles. The highest BCUT2D eigenvalue weighted by Crippen LogP contribution is 2.13. The minimum absolute atomic E-state index is 0.0864. The van der Waals surface area contributed by atoms with Crippen molar-refractivity contribution >= 4 is 17.4 Å². The monoisotopic (exact) mass is 330 g/mol. The number of hydrogen-bond donors (Lipinski definition) is 2. The number of benzene rings is 3. The van der Waals surface area contributed by atoms with Crippen LogP contribution in [0.15, 0.2) is 84.9 Å². The molecule has 0 aliphatic carbocycles. The number of carbonyl (C=O) groups excluding carboxylic acids is 2. The van der Waals surface area contributed by atoms with Gasteiger partial charge in [-0.1, -0.05) is 66.7 Å². The van der Waals surface area contributed by atoms with E-state index in [0.29, 0.717) is 11.1 Å². The van der Waals surface area contributed by atoms with Gasteiger partial charge in [0.05, 0.1) is 11.3 Å². The average molecular weight is 330 g/mol. The standard InChI is InChI=1S/C21H18N2O2/c24-20(15-16-9-3-1-4-10-16)18-13-7-8-14-19(18)21(25)23-22-17-11-5-2-6-12-17/h1-14,22H,15H2,(H,23,25). The van der Waals surface area contributed by atoms with Crippen LogP contribution in [0, 0.1) is 0 Å². The van der Waals surface area contributed by atoms with Gasteiger partial charge in [-0.3, -0.25) is 20.4 Å². The van der Waals surface area contributed by atoms with Crippen LogP contribution in [0.5, 0.6) is 0 Å². The second-order valence-electron chi connectivity index (χ2n) is 5.58. The number of nitrogens with one attached hydrogen (secondary N) is 2. The number of ketones is 1.